The number of thiophene rings is 1. The second-order valence-corrected chi connectivity index (χ2v) is 14.7. The lowest BCUT2D eigenvalue weighted by Gasteiger charge is -2.28. The molecule has 49 heavy (non-hydrogen) atoms. The smallest absolute Gasteiger partial charge is 0.0468 e. The van der Waals surface area contributed by atoms with Gasteiger partial charge in [-0.3, -0.25) is 0 Å². The molecule has 0 spiro atoms. The van der Waals surface area contributed by atoms with Crippen LogP contribution in [0.4, 0.5) is 17.1 Å². The summed E-state index contributed by atoms with van der Waals surface area (Å²) in [5.74, 6) is 0. The van der Waals surface area contributed by atoms with Crippen molar-refractivity contribution in [3.63, 3.8) is 0 Å². The average Bonchev–Trinajstić information content (AvgIpc) is 3.72. The van der Waals surface area contributed by atoms with Gasteiger partial charge in [0.15, 0.2) is 0 Å². The molecule has 232 valence electrons. The number of hydrogen-bond donors (Lipinski definition) is 0. The van der Waals surface area contributed by atoms with Crippen LogP contribution in [-0.2, 0) is 5.41 Å². The summed E-state index contributed by atoms with van der Waals surface area (Å²) in [7, 11) is 0. The van der Waals surface area contributed by atoms with Crippen molar-refractivity contribution < 1.29 is 0 Å². The molecule has 0 radical (unpaired) electrons. The van der Waals surface area contributed by atoms with Crippen molar-refractivity contribution in [1.29, 1.82) is 0 Å². The minimum Gasteiger partial charge on any atom is -0.310 e. The minimum atomic E-state index is -0.0869. The zero-order valence-electron chi connectivity index (χ0n) is 27.4. The summed E-state index contributed by atoms with van der Waals surface area (Å²) in [6, 6.07) is 58.7. The van der Waals surface area contributed by atoms with E-state index in [0.29, 0.717) is 0 Å². The van der Waals surface area contributed by atoms with Gasteiger partial charge in [-0.2, -0.15) is 0 Å². The van der Waals surface area contributed by atoms with Crippen LogP contribution in [0.2, 0.25) is 0 Å². The summed E-state index contributed by atoms with van der Waals surface area (Å²) in [6.07, 6.45) is 0. The molecule has 0 amide bonds. The van der Waals surface area contributed by atoms with Crippen LogP contribution in [0, 0.1) is 0 Å². The lowest BCUT2D eigenvalue weighted by atomic mass is 9.82. The summed E-state index contributed by atoms with van der Waals surface area (Å²) in [5.41, 5.74) is 11.3. The van der Waals surface area contributed by atoms with E-state index in [4.69, 9.17) is 0 Å². The molecule has 1 heterocycles. The monoisotopic (exact) mass is 643 g/mol. The normalized spacial score (nSPS) is 13.3. The SMILES string of the molecule is CC1(C)c2ccccc2-c2ccc(N(c3ccc(-c4ccc5ccsc5c4)cc3)c3ccc4c5ccccc5c5ccccc5c4c3)cc21. The van der Waals surface area contributed by atoms with Crippen molar-refractivity contribution in [3.05, 3.63) is 174 Å². The van der Waals surface area contributed by atoms with Gasteiger partial charge in [0.25, 0.3) is 0 Å². The second kappa shape index (κ2) is 10.7. The Kier molecular flexibility index (Phi) is 6.16. The molecule has 0 saturated heterocycles. The summed E-state index contributed by atoms with van der Waals surface area (Å²) in [4.78, 5) is 2.44. The van der Waals surface area contributed by atoms with Crippen molar-refractivity contribution in [2.45, 2.75) is 19.3 Å². The van der Waals surface area contributed by atoms with E-state index in [9.17, 15) is 0 Å². The van der Waals surface area contributed by atoms with Crippen molar-refractivity contribution >= 4 is 70.8 Å². The van der Waals surface area contributed by atoms with E-state index < -0.39 is 0 Å². The number of rotatable bonds is 4. The van der Waals surface area contributed by atoms with Gasteiger partial charge in [0.1, 0.15) is 0 Å². The highest BCUT2D eigenvalue weighted by atomic mass is 32.1. The number of nitrogens with zero attached hydrogens (tertiary/aromatic N) is 1. The maximum Gasteiger partial charge on any atom is 0.0468 e. The minimum absolute atomic E-state index is 0.0869. The van der Waals surface area contributed by atoms with Crippen molar-refractivity contribution in [2.75, 3.05) is 4.90 Å². The molecule has 1 nitrogen and oxygen atoms in total. The quantitative estimate of drug-likeness (QED) is 0.173. The van der Waals surface area contributed by atoms with Crippen LogP contribution < -0.4 is 4.90 Å². The standard InChI is InChI=1S/C47H33NS/c1-47(2)44-14-8-7-13-41(44)42-24-22-35(29-45(42)47)48(33-19-17-30(18-20-33)32-16-15-31-25-26-49-46(31)27-32)34-21-23-40-38-11-4-3-9-36(38)37-10-5-6-12-39(37)43(40)28-34/h3-29H,1-2H3. The van der Waals surface area contributed by atoms with Crippen LogP contribution in [0.15, 0.2) is 163 Å². The first kappa shape index (κ1) is 28.3. The molecular weight excluding hydrogens is 611 g/mol. The van der Waals surface area contributed by atoms with Crippen molar-refractivity contribution in [3.8, 4) is 22.3 Å². The fourth-order valence-electron chi connectivity index (χ4n) is 8.25. The van der Waals surface area contributed by atoms with Gasteiger partial charge < -0.3 is 4.90 Å². The van der Waals surface area contributed by atoms with E-state index in [1.54, 1.807) is 11.3 Å². The Morgan fingerprint density at radius 1 is 0.429 bits per heavy atom. The van der Waals surface area contributed by atoms with Gasteiger partial charge in [0.05, 0.1) is 0 Å². The molecule has 0 fully saturated rings. The third-order valence-corrected chi connectivity index (χ3v) is 11.6. The topological polar surface area (TPSA) is 3.24 Å². The molecule has 1 aliphatic rings. The molecule has 0 N–H and O–H groups in total. The first-order valence-corrected chi connectivity index (χ1v) is 17.9. The number of hydrogen-bond acceptors (Lipinski definition) is 2. The van der Waals surface area contributed by atoms with Gasteiger partial charge in [-0.05, 0) is 125 Å². The van der Waals surface area contributed by atoms with E-state index in [-0.39, 0.29) is 5.41 Å². The Bertz CT molecular complexity index is 2710. The summed E-state index contributed by atoms with van der Waals surface area (Å²) < 4.78 is 1.32. The van der Waals surface area contributed by atoms with E-state index in [0.717, 1.165) is 17.1 Å². The Balaban J connectivity index is 1.18. The lowest BCUT2D eigenvalue weighted by molar-refractivity contribution is 0.660. The van der Waals surface area contributed by atoms with Crippen LogP contribution in [0.3, 0.4) is 0 Å². The third-order valence-electron chi connectivity index (χ3n) is 10.7. The predicted octanol–water partition coefficient (Wildman–Crippen LogP) is 13.8. The van der Waals surface area contributed by atoms with Crippen LogP contribution in [0.5, 0.6) is 0 Å². The van der Waals surface area contributed by atoms with Crippen molar-refractivity contribution in [1.82, 2.24) is 0 Å². The van der Waals surface area contributed by atoms with Gasteiger partial charge in [-0.25, -0.2) is 0 Å². The summed E-state index contributed by atoms with van der Waals surface area (Å²) in [5, 5.41) is 11.2. The molecule has 0 bridgehead atoms. The van der Waals surface area contributed by atoms with E-state index in [1.807, 2.05) is 0 Å². The number of benzene rings is 8. The largest absolute Gasteiger partial charge is 0.310 e. The summed E-state index contributed by atoms with van der Waals surface area (Å²) in [6.45, 7) is 4.72. The summed E-state index contributed by atoms with van der Waals surface area (Å²) >= 11 is 1.80. The Labute approximate surface area is 290 Å². The van der Waals surface area contributed by atoms with E-state index in [2.05, 4.69) is 182 Å². The third kappa shape index (κ3) is 4.31. The molecule has 1 aromatic heterocycles. The zero-order chi connectivity index (χ0) is 32.7. The molecule has 0 aliphatic heterocycles. The maximum atomic E-state index is 2.44. The highest BCUT2D eigenvalue weighted by Crippen LogP contribution is 2.51. The molecule has 0 saturated carbocycles. The van der Waals surface area contributed by atoms with Crippen LogP contribution in [0.1, 0.15) is 25.0 Å². The number of anilines is 3. The van der Waals surface area contributed by atoms with Gasteiger partial charge in [0.2, 0.25) is 0 Å². The Morgan fingerprint density at radius 3 is 1.76 bits per heavy atom. The highest BCUT2D eigenvalue weighted by molar-refractivity contribution is 7.17. The molecule has 1 aliphatic carbocycles. The van der Waals surface area contributed by atoms with Crippen LogP contribution >= 0.6 is 11.3 Å². The molecule has 8 aromatic carbocycles. The molecule has 0 unspecified atom stereocenters. The fraction of sp³-hybridized carbons (Fsp3) is 0.0638. The van der Waals surface area contributed by atoms with Gasteiger partial charge in [-0.15, -0.1) is 11.3 Å². The van der Waals surface area contributed by atoms with E-state index in [1.165, 1.54) is 75.8 Å². The fourth-order valence-corrected chi connectivity index (χ4v) is 9.08. The first-order chi connectivity index (χ1) is 24.0. The molecule has 0 atom stereocenters. The van der Waals surface area contributed by atoms with Gasteiger partial charge >= 0.3 is 0 Å². The Hall–Kier alpha value is -5.70. The molecule has 10 rings (SSSR count). The lowest BCUT2D eigenvalue weighted by Crippen LogP contribution is -2.16. The van der Waals surface area contributed by atoms with Crippen molar-refractivity contribution in [2.24, 2.45) is 0 Å². The van der Waals surface area contributed by atoms with Gasteiger partial charge in [-0.1, -0.05) is 123 Å². The van der Waals surface area contributed by atoms with Gasteiger partial charge in [0, 0.05) is 27.2 Å². The Morgan fingerprint density at radius 2 is 1.00 bits per heavy atom. The maximum absolute atomic E-state index is 2.44. The first-order valence-electron chi connectivity index (χ1n) is 17.0. The van der Waals surface area contributed by atoms with E-state index >= 15 is 0 Å². The average molecular weight is 644 g/mol. The second-order valence-electron chi connectivity index (χ2n) is 13.8. The molecule has 2 heteroatoms. The molecule has 9 aromatic rings. The van der Waals surface area contributed by atoms with Crippen LogP contribution in [0.25, 0.3) is 64.7 Å². The predicted molar refractivity (Wildman–Crippen MR) is 212 cm³/mol. The highest BCUT2D eigenvalue weighted by Gasteiger charge is 2.35. The zero-order valence-corrected chi connectivity index (χ0v) is 28.3. The van der Waals surface area contributed by atoms with Crippen LogP contribution in [-0.4, -0.2) is 0 Å². The molecular formula is C47H33NS. The number of fused-ring (bicyclic) bond motifs is 10.